The van der Waals surface area contributed by atoms with Crippen LogP contribution in [0.15, 0.2) is 24.3 Å². The van der Waals surface area contributed by atoms with E-state index in [4.69, 9.17) is 16.3 Å². The maximum absolute atomic E-state index is 9.52. The molecule has 1 heterocycles. The Morgan fingerprint density at radius 1 is 1.33 bits per heavy atom. The van der Waals surface area contributed by atoms with Crippen molar-refractivity contribution in [1.29, 1.82) is 5.26 Å². The lowest BCUT2D eigenvalue weighted by atomic mass is 9.85. The van der Waals surface area contributed by atoms with Crippen molar-refractivity contribution >= 4 is 17.3 Å². The summed E-state index contributed by atoms with van der Waals surface area (Å²) in [7, 11) is 0. The van der Waals surface area contributed by atoms with Gasteiger partial charge < -0.3 is 10.1 Å². The summed E-state index contributed by atoms with van der Waals surface area (Å²) in [6.45, 7) is 3.99. The number of nitrogens with one attached hydrogen (secondary N) is 1. The Labute approximate surface area is 113 Å². The zero-order chi connectivity index (χ0) is 13.2. The first kappa shape index (κ1) is 13.2. The van der Waals surface area contributed by atoms with Gasteiger partial charge >= 0.3 is 0 Å². The largest absolute Gasteiger partial charge is 0.375 e. The van der Waals surface area contributed by atoms with Crippen LogP contribution in [0.3, 0.4) is 0 Å². The fourth-order valence-electron chi connectivity index (χ4n) is 2.60. The predicted molar refractivity (Wildman–Crippen MR) is 72.7 cm³/mol. The molecule has 2 atom stereocenters. The highest BCUT2D eigenvalue weighted by molar-refractivity contribution is 6.33. The average Bonchev–Trinajstić information content (AvgIpc) is 2.31. The number of halogens is 1. The molecule has 0 radical (unpaired) electrons. The lowest BCUT2D eigenvalue weighted by Gasteiger charge is -2.39. The molecule has 0 aliphatic carbocycles. The van der Waals surface area contributed by atoms with Crippen molar-refractivity contribution < 1.29 is 4.74 Å². The van der Waals surface area contributed by atoms with Crippen LogP contribution >= 0.6 is 11.6 Å². The van der Waals surface area contributed by atoms with E-state index in [0.29, 0.717) is 17.9 Å². The summed E-state index contributed by atoms with van der Waals surface area (Å²) >= 11 is 6.13. The first-order chi connectivity index (χ1) is 8.54. The minimum atomic E-state index is -0.595. The van der Waals surface area contributed by atoms with Crippen LogP contribution in [0.4, 0.5) is 5.69 Å². The molecule has 0 amide bonds. The maximum Gasteiger partial charge on any atom is 0.130 e. The number of benzene rings is 1. The zero-order valence-electron chi connectivity index (χ0n) is 10.6. The topological polar surface area (TPSA) is 45.0 Å². The highest BCUT2D eigenvalue weighted by Gasteiger charge is 2.39. The molecule has 1 aromatic carbocycles. The number of ether oxygens (including phenoxy) is 1. The van der Waals surface area contributed by atoms with E-state index in [1.807, 2.05) is 38.1 Å². The molecule has 1 saturated heterocycles. The highest BCUT2D eigenvalue weighted by atomic mass is 35.5. The first-order valence-corrected chi connectivity index (χ1v) is 6.52. The van der Waals surface area contributed by atoms with Crippen molar-refractivity contribution in [3.63, 3.8) is 0 Å². The summed E-state index contributed by atoms with van der Waals surface area (Å²) in [5.74, 6) is 0. The quantitative estimate of drug-likeness (QED) is 0.888. The molecular weight excluding hydrogens is 248 g/mol. The highest BCUT2D eigenvalue weighted by Crippen LogP contribution is 2.33. The van der Waals surface area contributed by atoms with Gasteiger partial charge in [0.15, 0.2) is 0 Å². The Morgan fingerprint density at radius 3 is 2.50 bits per heavy atom. The summed E-state index contributed by atoms with van der Waals surface area (Å²) in [4.78, 5) is 0. The number of hydrogen-bond donors (Lipinski definition) is 1. The van der Waals surface area contributed by atoms with E-state index in [-0.39, 0.29) is 12.2 Å². The van der Waals surface area contributed by atoms with E-state index >= 15 is 0 Å². The van der Waals surface area contributed by atoms with Gasteiger partial charge in [-0.25, -0.2) is 0 Å². The lowest BCUT2D eigenvalue weighted by molar-refractivity contribution is -0.0451. The van der Waals surface area contributed by atoms with Gasteiger partial charge in [0.25, 0.3) is 0 Å². The molecular formula is C14H17ClN2O. The van der Waals surface area contributed by atoms with Crippen LogP contribution in [0.25, 0.3) is 0 Å². The number of rotatable bonds is 2. The predicted octanol–water partition coefficient (Wildman–Crippen LogP) is 3.60. The summed E-state index contributed by atoms with van der Waals surface area (Å²) in [6, 6.07) is 9.90. The molecule has 1 aliphatic heterocycles. The molecule has 0 spiro atoms. The van der Waals surface area contributed by atoms with Crippen LogP contribution in [0, 0.1) is 11.3 Å². The molecule has 1 aliphatic rings. The first-order valence-electron chi connectivity index (χ1n) is 6.14. The van der Waals surface area contributed by atoms with Gasteiger partial charge in [0.05, 0.1) is 29.0 Å². The van der Waals surface area contributed by atoms with E-state index in [0.717, 1.165) is 5.69 Å². The van der Waals surface area contributed by atoms with Crippen LogP contribution in [0.1, 0.15) is 26.7 Å². The van der Waals surface area contributed by atoms with Crippen LogP contribution < -0.4 is 5.32 Å². The average molecular weight is 265 g/mol. The number of para-hydroxylation sites is 1. The van der Waals surface area contributed by atoms with E-state index in [2.05, 4.69) is 11.4 Å². The van der Waals surface area contributed by atoms with Crippen LogP contribution in [0.2, 0.25) is 5.02 Å². The van der Waals surface area contributed by atoms with Crippen LogP contribution in [0.5, 0.6) is 0 Å². The van der Waals surface area contributed by atoms with E-state index < -0.39 is 5.54 Å². The molecule has 0 saturated carbocycles. The lowest BCUT2D eigenvalue weighted by Crippen LogP contribution is -2.48. The standard InChI is InChI=1S/C14H17ClN2O/c1-10-7-14(9-16,8-11(2)18-10)17-13-6-4-3-5-12(13)15/h3-6,10-11,17H,7-8H2,1-2H3. The summed E-state index contributed by atoms with van der Waals surface area (Å²) in [5.41, 5.74) is 0.212. The molecule has 3 nitrogen and oxygen atoms in total. The number of nitriles is 1. The van der Waals surface area contributed by atoms with Gasteiger partial charge in [-0.3, -0.25) is 0 Å². The molecule has 0 bridgehead atoms. The normalized spacial score (nSPS) is 31.7. The third-order valence-corrected chi connectivity index (χ3v) is 3.53. The Morgan fingerprint density at radius 2 is 1.94 bits per heavy atom. The van der Waals surface area contributed by atoms with Crippen LogP contribution in [-0.4, -0.2) is 17.7 Å². The Balaban J connectivity index is 2.24. The molecule has 96 valence electrons. The van der Waals surface area contributed by atoms with Gasteiger partial charge in [-0.15, -0.1) is 0 Å². The second kappa shape index (κ2) is 5.17. The van der Waals surface area contributed by atoms with Gasteiger partial charge in [0.1, 0.15) is 5.54 Å². The molecule has 4 heteroatoms. The van der Waals surface area contributed by atoms with Gasteiger partial charge in [-0.05, 0) is 26.0 Å². The van der Waals surface area contributed by atoms with Crippen molar-refractivity contribution in [3.8, 4) is 6.07 Å². The van der Waals surface area contributed by atoms with Gasteiger partial charge in [0.2, 0.25) is 0 Å². The minimum absolute atomic E-state index is 0.0726. The SMILES string of the molecule is CC1CC(C#N)(Nc2ccccc2Cl)CC(C)O1. The fraction of sp³-hybridized carbons (Fsp3) is 0.500. The summed E-state index contributed by atoms with van der Waals surface area (Å²) < 4.78 is 5.69. The zero-order valence-corrected chi connectivity index (χ0v) is 11.4. The van der Waals surface area contributed by atoms with Crippen molar-refractivity contribution in [2.24, 2.45) is 0 Å². The number of nitrogens with zero attached hydrogens (tertiary/aromatic N) is 1. The van der Waals surface area contributed by atoms with Gasteiger partial charge in [0, 0.05) is 12.8 Å². The van der Waals surface area contributed by atoms with E-state index in [9.17, 15) is 5.26 Å². The second-order valence-electron chi connectivity index (χ2n) is 4.96. The van der Waals surface area contributed by atoms with Crippen molar-refractivity contribution in [1.82, 2.24) is 0 Å². The van der Waals surface area contributed by atoms with Crippen molar-refractivity contribution in [2.75, 3.05) is 5.32 Å². The smallest absolute Gasteiger partial charge is 0.130 e. The van der Waals surface area contributed by atoms with Crippen molar-refractivity contribution in [3.05, 3.63) is 29.3 Å². The Bertz CT molecular complexity index is 459. The molecule has 1 aromatic rings. The summed E-state index contributed by atoms with van der Waals surface area (Å²) in [5, 5.41) is 13.5. The monoisotopic (exact) mass is 264 g/mol. The molecule has 1 N–H and O–H groups in total. The molecule has 2 rings (SSSR count). The third-order valence-electron chi connectivity index (χ3n) is 3.20. The van der Waals surface area contributed by atoms with E-state index in [1.54, 1.807) is 0 Å². The van der Waals surface area contributed by atoms with Crippen molar-refractivity contribution in [2.45, 2.75) is 44.4 Å². The fourth-order valence-corrected chi connectivity index (χ4v) is 2.78. The van der Waals surface area contributed by atoms with Crippen LogP contribution in [-0.2, 0) is 4.74 Å². The maximum atomic E-state index is 9.52. The number of anilines is 1. The third kappa shape index (κ3) is 2.77. The Hall–Kier alpha value is -1.24. The minimum Gasteiger partial charge on any atom is -0.375 e. The van der Waals surface area contributed by atoms with E-state index in [1.165, 1.54) is 0 Å². The molecule has 18 heavy (non-hydrogen) atoms. The molecule has 1 fully saturated rings. The second-order valence-corrected chi connectivity index (χ2v) is 5.37. The molecule has 2 unspecified atom stereocenters. The van der Waals surface area contributed by atoms with Gasteiger partial charge in [-0.1, -0.05) is 23.7 Å². The molecule has 0 aromatic heterocycles. The summed E-state index contributed by atoms with van der Waals surface area (Å²) in [6.07, 6.45) is 1.48. The Kier molecular flexibility index (Phi) is 3.79. The number of hydrogen-bond acceptors (Lipinski definition) is 3. The van der Waals surface area contributed by atoms with Gasteiger partial charge in [-0.2, -0.15) is 5.26 Å².